The van der Waals surface area contributed by atoms with Crippen molar-refractivity contribution in [3.8, 4) is 0 Å². The van der Waals surface area contributed by atoms with Gasteiger partial charge in [0.05, 0.1) is 11.3 Å². The number of fused-ring (bicyclic) bond motifs is 1. The lowest BCUT2D eigenvalue weighted by Crippen LogP contribution is -2.14. The van der Waals surface area contributed by atoms with Gasteiger partial charge in [0.15, 0.2) is 0 Å². The smallest absolute Gasteiger partial charge is 0.337 e. The first kappa shape index (κ1) is 22.2. The summed E-state index contributed by atoms with van der Waals surface area (Å²) in [5.41, 5.74) is 1.72. The van der Waals surface area contributed by atoms with E-state index in [4.69, 9.17) is 0 Å². The van der Waals surface area contributed by atoms with Crippen LogP contribution in [-0.4, -0.2) is 17.0 Å². The van der Waals surface area contributed by atoms with Gasteiger partial charge in [-0.05, 0) is 47.2 Å². The van der Waals surface area contributed by atoms with Crippen LogP contribution in [0.3, 0.4) is 0 Å². The molecule has 3 aromatic rings. The molecule has 0 saturated heterocycles. The highest BCUT2D eigenvalue weighted by Crippen LogP contribution is 2.25. The lowest BCUT2D eigenvalue weighted by molar-refractivity contribution is -0.116. The predicted molar refractivity (Wildman–Crippen MR) is 120 cm³/mol. The predicted octanol–water partition coefficient (Wildman–Crippen LogP) is 6.48. The van der Waals surface area contributed by atoms with E-state index in [0.29, 0.717) is 18.0 Å². The zero-order chi connectivity index (χ0) is 21.2. The van der Waals surface area contributed by atoms with Gasteiger partial charge in [0.1, 0.15) is 0 Å². The molecule has 0 fully saturated rings. The van der Waals surface area contributed by atoms with Gasteiger partial charge in [-0.15, -0.1) is 0 Å². The summed E-state index contributed by atoms with van der Waals surface area (Å²) in [6.45, 7) is 6.17. The van der Waals surface area contributed by atoms with Gasteiger partial charge in [-0.25, -0.2) is 4.79 Å². The number of carboxylic acid groups (broad SMARTS) is 1. The number of carboxylic acids is 1. The molecule has 1 amide bonds. The molecule has 0 spiro atoms. The number of para-hydroxylation sites is 1. The highest BCUT2D eigenvalue weighted by molar-refractivity contribution is 6.00. The minimum Gasteiger partial charge on any atom is -0.478 e. The molecule has 0 aromatic heterocycles. The van der Waals surface area contributed by atoms with Crippen LogP contribution in [0.15, 0.2) is 66.7 Å². The topological polar surface area (TPSA) is 66.4 Å². The molecule has 0 aliphatic heterocycles. The van der Waals surface area contributed by atoms with Crippen LogP contribution >= 0.6 is 0 Å². The van der Waals surface area contributed by atoms with Crippen molar-refractivity contribution < 1.29 is 14.7 Å². The molecule has 4 nitrogen and oxygen atoms in total. The molecule has 0 bridgehead atoms. The number of hydrogen-bond donors (Lipinski definition) is 2. The normalized spacial score (nSPS) is 11.3. The van der Waals surface area contributed by atoms with Crippen molar-refractivity contribution in [2.45, 2.75) is 46.0 Å². The van der Waals surface area contributed by atoms with E-state index >= 15 is 0 Å². The number of anilines is 1. The van der Waals surface area contributed by atoms with Gasteiger partial charge in [0, 0.05) is 6.42 Å². The van der Waals surface area contributed by atoms with Crippen molar-refractivity contribution in [1.82, 2.24) is 0 Å². The standard InChI is InChI=1S/C23H23NO3.C2H6/c1-16(18-14-13-17-8-2-3-9-19(17)15-18)7-6-12-22(25)24-21-11-5-4-10-20(21)23(26)27;1-2/h2-5,8-11,13-16H,6-7,12H2,1H3,(H,24,25)(H,26,27);1-2H3. The summed E-state index contributed by atoms with van der Waals surface area (Å²) in [4.78, 5) is 23.4. The Morgan fingerprint density at radius 1 is 0.931 bits per heavy atom. The Morgan fingerprint density at radius 3 is 2.31 bits per heavy atom. The van der Waals surface area contributed by atoms with Crippen molar-refractivity contribution in [2.75, 3.05) is 5.32 Å². The van der Waals surface area contributed by atoms with E-state index in [-0.39, 0.29) is 11.5 Å². The highest BCUT2D eigenvalue weighted by atomic mass is 16.4. The molecular weight excluding hydrogens is 362 g/mol. The maximum absolute atomic E-state index is 12.2. The van der Waals surface area contributed by atoms with Crippen LogP contribution in [0.4, 0.5) is 5.69 Å². The second-order valence-corrected chi connectivity index (χ2v) is 6.80. The van der Waals surface area contributed by atoms with Gasteiger partial charge in [0.2, 0.25) is 5.91 Å². The monoisotopic (exact) mass is 391 g/mol. The number of hydrogen-bond acceptors (Lipinski definition) is 2. The molecular formula is C25H29NO3. The van der Waals surface area contributed by atoms with Gasteiger partial charge < -0.3 is 10.4 Å². The fraction of sp³-hybridized carbons (Fsp3) is 0.280. The van der Waals surface area contributed by atoms with E-state index in [2.05, 4.69) is 42.6 Å². The first-order valence-electron chi connectivity index (χ1n) is 10.2. The van der Waals surface area contributed by atoms with E-state index in [0.717, 1.165) is 12.8 Å². The fourth-order valence-corrected chi connectivity index (χ4v) is 3.24. The largest absolute Gasteiger partial charge is 0.478 e. The Morgan fingerprint density at radius 2 is 1.59 bits per heavy atom. The third-order valence-electron chi connectivity index (χ3n) is 4.82. The lowest BCUT2D eigenvalue weighted by atomic mass is 9.93. The van der Waals surface area contributed by atoms with Gasteiger partial charge in [0.25, 0.3) is 0 Å². The summed E-state index contributed by atoms with van der Waals surface area (Å²) in [5, 5.41) is 14.3. The maximum atomic E-state index is 12.2. The third kappa shape index (κ3) is 6.18. The van der Waals surface area contributed by atoms with Crippen molar-refractivity contribution in [3.05, 3.63) is 77.9 Å². The van der Waals surface area contributed by atoms with Crippen LogP contribution in [0.1, 0.15) is 61.9 Å². The molecule has 1 unspecified atom stereocenters. The average molecular weight is 392 g/mol. The van der Waals surface area contributed by atoms with E-state index in [9.17, 15) is 14.7 Å². The number of carbonyl (C=O) groups excluding carboxylic acids is 1. The molecule has 29 heavy (non-hydrogen) atoms. The number of aromatic carboxylic acids is 1. The third-order valence-corrected chi connectivity index (χ3v) is 4.82. The minimum absolute atomic E-state index is 0.107. The Hall–Kier alpha value is -3.14. The Kier molecular flexibility index (Phi) is 8.41. The lowest BCUT2D eigenvalue weighted by Gasteiger charge is -2.13. The summed E-state index contributed by atoms with van der Waals surface area (Å²) in [5.74, 6) is -0.848. The number of amides is 1. The van der Waals surface area contributed by atoms with Gasteiger partial charge in [-0.2, -0.15) is 0 Å². The van der Waals surface area contributed by atoms with Crippen LogP contribution in [0, 0.1) is 0 Å². The fourth-order valence-electron chi connectivity index (χ4n) is 3.24. The first-order chi connectivity index (χ1) is 14.0. The molecule has 152 valence electrons. The van der Waals surface area contributed by atoms with E-state index in [1.54, 1.807) is 18.2 Å². The number of nitrogens with one attached hydrogen (secondary N) is 1. The van der Waals surface area contributed by atoms with E-state index in [1.165, 1.54) is 22.4 Å². The van der Waals surface area contributed by atoms with Crippen molar-refractivity contribution in [2.24, 2.45) is 0 Å². The van der Waals surface area contributed by atoms with Crippen LogP contribution in [0.5, 0.6) is 0 Å². The molecule has 3 aromatic carbocycles. The van der Waals surface area contributed by atoms with Gasteiger partial charge in [-0.1, -0.05) is 75.4 Å². The molecule has 1 atom stereocenters. The zero-order valence-corrected chi connectivity index (χ0v) is 17.3. The molecule has 0 saturated carbocycles. The van der Waals surface area contributed by atoms with Crippen molar-refractivity contribution in [3.63, 3.8) is 0 Å². The summed E-state index contributed by atoms with van der Waals surface area (Å²) in [6.07, 6.45) is 2.01. The van der Waals surface area contributed by atoms with Crippen LogP contribution in [0.2, 0.25) is 0 Å². The van der Waals surface area contributed by atoms with E-state index < -0.39 is 5.97 Å². The van der Waals surface area contributed by atoms with Crippen LogP contribution in [-0.2, 0) is 4.79 Å². The minimum atomic E-state index is -1.05. The maximum Gasteiger partial charge on any atom is 0.337 e. The molecule has 0 aliphatic rings. The molecule has 2 N–H and O–H groups in total. The summed E-state index contributed by atoms with van der Waals surface area (Å²) < 4.78 is 0. The van der Waals surface area contributed by atoms with Crippen LogP contribution in [0.25, 0.3) is 10.8 Å². The summed E-state index contributed by atoms with van der Waals surface area (Å²) >= 11 is 0. The molecule has 0 radical (unpaired) electrons. The summed E-state index contributed by atoms with van der Waals surface area (Å²) in [7, 11) is 0. The van der Waals surface area contributed by atoms with E-state index in [1.807, 2.05) is 26.0 Å². The Labute approximate surface area is 172 Å². The average Bonchev–Trinajstić information content (AvgIpc) is 2.75. The SMILES string of the molecule is CC.CC(CCCC(=O)Nc1ccccc1C(=O)O)c1ccc2ccccc2c1. The summed E-state index contributed by atoms with van der Waals surface area (Å²) in [6, 6.07) is 21.2. The molecule has 0 heterocycles. The Balaban J connectivity index is 0.00000145. The molecule has 0 aliphatic carbocycles. The van der Waals surface area contributed by atoms with Crippen molar-refractivity contribution in [1.29, 1.82) is 0 Å². The quantitative estimate of drug-likeness (QED) is 0.484. The molecule has 4 heteroatoms. The second-order valence-electron chi connectivity index (χ2n) is 6.80. The van der Waals surface area contributed by atoms with Gasteiger partial charge in [-0.3, -0.25) is 4.79 Å². The van der Waals surface area contributed by atoms with Gasteiger partial charge >= 0.3 is 5.97 Å². The number of benzene rings is 3. The number of rotatable bonds is 7. The van der Waals surface area contributed by atoms with Crippen molar-refractivity contribution >= 4 is 28.3 Å². The molecule has 3 rings (SSSR count). The Bertz CT molecular complexity index is 965. The second kappa shape index (κ2) is 11.0. The highest BCUT2D eigenvalue weighted by Gasteiger charge is 2.12. The van der Waals surface area contributed by atoms with Crippen LogP contribution < -0.4 is 5.32 Å². The number of carbonyl (C=O) groups is 2. The first-order valence-corrected chi connectivity index (χ1v) is 10.2. The zero-order valence-electron chi connectivity index (χ0n) is 17.3.